The number of benzene rings is 1. The minimum atomic E-state index is -0.363. The van der Waals surface area contributed by atoms with Crippen LogP contribution in [0.4, 0.5) is 11.4 Å². The van der Waals surface area contributed by atoms with E-state index in [4.69, 9.17) is 17.0 Å². The third kappa shape index (κ3) is 4.29. The molecule has 0 amide bonds. The fourth-order valence-electron chi connectivity index (χ4n) is 3.05. The molecular formula is C20H24N6O2S. The second-order valence-corrected chi connectivity index (χ2v) is 7.11. The van der Waals surface area contributed by atoms with Crippen molar-refractivity contribution in [3.05, 3.63) is 58.7 Å². The van der Waals surface area contributed by atoms with Crippen LogP contribution in [0.25, 0.3) is 0 Å². The zero-order valence-corrected chi connectivity index (χ0v) is 17.9. The Morgan fingerprint density at radius 2 is 1.90 bits per heavy atom. The van der Waals surface area contributed by atoms with Crippen LogP contribution in [-0.2, 0) is 18.3 Å². The van der Waals surface area contributed by atoms with Crippen LogP contribution in [0.15, 0.2) is 30.5 Å². The van der Waals surface area contributed by atoms with Gasteiger partial charge in [0.05, 0.1) is 53.9 Å². The zero-order valence-electron chi connectivity index (χ0n) is 17.1. The summed E-state index contributed by atoms with van der Waals surface area (Å²) in [5.74, 6) is -0.363. The average molecular weight is 413 g/mol. The number of nitrogens with zero attached hydrogens (tertiary/aromatic N) is 4. The molecule has 0 saturated carbocycles. The summed E-state index contributed by atoms with van der Waals surface area (Å²) in [4.78, 5) is 12.0. The third-order valence-electron chi connectivity index (χ3n) is 4.85. The number of rotatable bonds is 5. The highest BCUT2D eigenvalue weighted by atomic mass is 32.1. The van der Waals surface area contributed by atoms with Crippen LogP contribution >= 0.6 is 12.2 Å². The van der Waals surface area contributed by atoms with E-state index in [-0.39, 0.29) is 5.97 Å². The van der Waals surface area contributed by atoms with Crippen molar-refractivity contribution in [3.8, 4) is 0 Å². The number of anilines is 2. The van der Waals surface area contributed by atoms with E-state index in [2.05, 4.69) is 20.8 Å². The Balaban J connectivity index is 1.80. The fraction of sp³-hybridized carbons (Fsp3) is 0.300. The van der Waals surface area contributed by atoms with Gasteiger partial charge in [0.1, 0.15) is 0 Å². The molecule has 152 valence electrons. The lowest BCUT2D eigenvalue weighted by Gasteiger charge is -2.12. The second-order valence-electron chi connectivity index (χ2n) is 6.70. The van der Waals surface area contributed by atoms with Crippen molar-refractivity contribution in [2.75, 3.05) is 17.7 Å². The quantitative estimate of drug-likeness (QED) is 0.492. The number of aryl methyl sites for hydroxylation is 2. The molecule has 0 aliphatic carbocycles. The maximum absolute atomic E-state index is 12.0. The second kappa shape index (κ2) is 8.44. The van der Waals surface area contributed by atoms with Gasteiger partial charge in [-0.3, -0.25) is 9.36 Å². The molecule has 0 fully saturated rings. The summed E-state index contributed by atoms with van der Waals surface area (Å²) in [6, 6.07) is 7.35. The Morgan fingerprint density at radius 3 is 2.55 bits per heavy atom. The molecule has 3 rings (SSSR count). The van der Waals surface area contributed by atoms with E-state index in [1.54, 1.807) is 16.9 Å². The number of hydrogen-bond donors (Lipinski definition) is 2. The Kier molecular flexibility index (Phi) is 5.97. The summed E-state index contributed by atoms with van der Waals surface area (Å²) in [7, 11) is 3.25. The molecule has 3 aromatic rings. The molecule has 0 aliphatic rings. The zero-order chi connectivity index (χ0) is 21.1. The predicted octanol–water partition coefficient (Wildman–Crippen LogP) is 3.19. The van der Waals surface area contributed by atoms with Crippen LogP contribution in [0.1, 0.15) is 33.0 Å². The lowest BCUT2D eigenvalue weighted by Crippen LogP contribution is -2.20. The van der Waals surface area contributed by atoms with Crippen molar-refractivity contribution in [3.63, 3.8) is 0 Å². The number of carbonyl (C=O) groups is 1. The van der Waals surface area contributed by atoms with E-state index in [1.165, 1.54) is 7.11 Å². The number of esters is 1. The first-order valence-corrected chi connectivity index (χ1v) is 9.49. The first kappa shape index (κ1) is 20.5. The van der Waals surface area contributed by atoms with Gasteiger partial charge in [-0.25, -0.2) is 4.79 Å². The van der Waals surface area contributed by atoms with Crippen molar-refractivity contribution < 1.29 is 9.53 Å². The Hall–Kier alpha value is -3.20. The van der Waals surface area contributed by atoms with Gasteiger partial charge in [-0.2, -0.15) is 10.2 Å². The average Bonchev–Trinajstić information content (AvgIpc) is 3.15. The summed E-state index contributed by atoms with van der Waals surface area (Å²) in [5, 5.41) is 15.7. The monoisotopic (exact) mass is 412 g/mol. The van der Waals surface area contributed by atoms with Crippen LogP contribution in [-0.4, -0.2) is 37.8 Å². The smallest absolute Gasteiger partial charge is 0.338 e. The van der Waals surface area contributed by atoms with Crippen molar-refractivity contribution in [2.45, 2.75) is 27.3 Å². The van der Waals surface area contributed by atoms with Crippen molar-refractivity contribution >= 4 is 34.7 Å². The van der Waals surface area contributed by atoms with Gasteiger partial charge >= 0.3 is 5.97 Å². The molecule has 2 aromatic heterocycles. The molecule has 0 aliphatic heterocycles. The summed E-state index contributed by atoms with van der Waals surface area (Å²) >= 11 is 5.46. The maximum Gasteiger partial charge on any atom is 0.338 e. The number of aromatic nitrogens is 4. The minimum absolute atomic E-state index is 0.363. The van der Waals surface area contributed by atoms with Gasteiger partial charge in [-0.1, -0.05) is 18.2 Å². The van der Waals surface area contributed by atoms with Gasteiger partial charge in [0.25, 0.3) is 0 Å². The fourth-order valence-corrected chi connectivity index (χ4v) is 3.26. The van der Waals surface area contributed by atoms with Crippen molar-refractivity contribution in [1.82, 2.24) is 19.6 Å². The van der Waals surface area contributed by atoms with Crippen LogP contribution in [0.5, 0.6) is 0 Å². The van der Waals surface area contributed by atoms with Crippen molar-refractivity contribution in [2.24, 2.45) is 7.05 Å². The van der Waals surface area contributed by atoms with Crippen LogP contribution in [0.3, 0.4) is 0 Å². The number of carbonyl (C=O) groups excluding carboxylic acids is 1. The topological polar surface area (TPSA) is 86.0 Å². The molecular weight excluding hydrogens is 388 g/mol. The normalized spacial score (nSPS) is 10.7. The van der Waals surface area contributed by atoms with Gasteiger partial charge in [0, 0.05) is 7.05 Å². The molecule has 0 atom stereocenters. The molecule has 1 aromatic carbocycles. The maximum atomic E-state index is 12.0. The lowest BCUT2D eigenvalue weighted by atomic mass is 10.1. The predicted molar refractivity (Wildman–Crippen MR) is 116 cm³/mol. The molecule has 0 saturated heterocycles. The molecule has 2 heterocycles. The highest BCUT2D eigenvalue weighted by molar-refractivity contribution is 7.80. The summed E-state index contributed by atoms with van der Waals surface area (Å²) in [6.45, 7) is 6.28. The molecule has 9 heteroatoms. The van der Waals surface area contributed by atoms with E-state index in [0.717, 1.165) is 34.0 Å². The lowest BCUT2D eigenvalue weighted by molar-refractivity contribution is 0.0599. The molecule has 8 nitrogen and oxygen atoms in total. The molecule has 0 unspecified atom stereocenters. The molecule has 29 heavy (non-hydrogen) atoms. The highest BCUT2D eigenvalue weighted by Crippen LogP contribution is 2.22. The van der Waals surface area contributed by atoms with Crippen LogP contribution in [0, 0.1) is 20.8 Å². The van der Waals surface area contributed by atoms with E-state index in [9.17, 15) is 4.79 Å². The SMILES string of the molecule is COC(=O)c1ccccc1Cn1nc(C)c(NC(=S)Nc2cnn(C)c2C)c1C. The van der Waals surface area contributed by atoms with Gasteiger partial charge < -0.3 is 15.4 Å². The molecule has 0 spiro atoms. The number of nitrogens with one attached hydrogen (secondary N) is 2. The summed E-state index contributed by atoms with van der Waals surface area (Å²) < 4.78 is 8.50. The Bertz CT molecular complexity index is 1070. The van der Waals surface area contributed by atoms with E-state index in [1.807, 2.05) is 50.7 Å². The third-order valence-corrected chi connectivity index (χ3v) is 5.05. The number of thiocarbonyl (C=S) groups is 1. The summed E-state index contributed by atoms with van der Waals surface area (Å²) in [6.07, 6.45) is 1.73. The first-order valence-electron chi connectivity index (χ1n) is 9.08. The van der Waals surface area contributed by atoms with Gasteiger partial charge in [-0.15, -0.1) is 0 Å². The number of ether oxygens (including phenoxy) is 1. The van der Waals surface area contributed by atoms with E-state index >= 15 is 0 Å². The molecule has 0 radical (unpaired) electrons. The van der Waals surface area contributed by atoms with Crippen LogP contribution in [0.2, 0.25) is 0 Å². The number of methoxy groups -OCH3 is 1. The van der Waals surface area contributed by atoms with Crippen molar-refractivity contribution in [1.29, 1.82) is 0 Å². The molecule has 0 bridgehead atoms. The highest BCUT2D eigenvalue weighted by Gasteiger charge is 2.17. The minimum Gasteiger partial charge on any atom is -0.465 e. The van der Waals surface area contributed by atoms with E-state index in [0.29, 0.717) is 17.2 Å². The standard InChI is InChI=1S/C20H24N6O2S/c1-12-18(23-20(29)22-17-10-21-25(4)13(17)2)14(3)26(24-12)11-15-8-6-7-9-16(15)19(27)28-5/h6-10H,11H2,1-5H3,(H2,22,23,29). The number of hydrogen-bond acceptors (Lipinski definition) is 5. The Labute approximate surface area is 174 Å². The largest absolute Gasteiger partial charge is 0.465 e. The summed E-state index contributed by atoms with van der Waals surface area (Å²) in [5.41, 5.74) is 5.75. The van der Waals surface area contributed by atoms with E-state index < -0.39 is 0 Å². The van der Waals surface area contributed by atoms with Crippen LogP contribution < -0.4 is 10.6 Å². The van der Waals surface area contributed by atoms with Gasteiger partial charge in [0.2, 0.25) is 0 Å². The van der Waals surface area contributed by atoms with Gasteiger partial charge in [0.15, 0.2) is 5.11 Å². The first-order chi connectivity index (χ1) is 13.8. The Morgan fingerprint density at radius 1 is 1.17 bits per heavy atom. The van der Waals surface area contributed by atoms with Gasteiger partial charge in [-0.05, 0) is 44.6 Å². The molecule has 2 N–H and O–H groups in total.